The number of para-hydroxylation sites is 1. The molecule has 4 aromatic rings. The lowest BCUT2D eigenvalue weighted by Gasteiger charge is -2.15. The molecule has 0 spiro atoms. The van der Waals surface area contributed by atoms with Crippen molar-refractivity contribution in [3.63, 3.8) is 0 Å². The summed E-state index contributed by atoms with van der Waals surface area (Å²) < 4.78 is 37.1. The number of benzene rings is 4. The van der Waals surface area contributed by atoms with E-state index in [0.29, 0.717) is 22.5 Å². The van der Waals surface area contributed by atoms with Crippen LogP contribution in [0.25, 0.3) is 6.08 Å². The first kappa shape index (κ1) is 27.2. The average Bonchev–Trinajstić information content (AvgIpc) is 3.27. The Balaban J connectivity index is 1.56. The van der Waals surface area contributed by atoms with Crippen molar-refractivity contribution < 1.29 is 22.1 Å². The molecule has 1 heterocycles. The molecular weight excluding hydrogens is 548 g/mol. The molecule has 0 fully saturated rings. The van der Waals surface area contributed by atoms with E-state index in [1.54, 1.807) is 43.3 Å². The fourth-order valence-corrected chi connectivity index (χ4v) is 5.40. The first-order valence-electron chi connectivity index (χ1n) is 12.5. The van der Waals surface area contributed by atoms with Crippen LogP contribution in [0.4, 0.5) is 5.69 Å². The van der Waals surface area contributed by atoms with Gasteiger partial charge in [-0.05, 0) is 61.9 Å². The highest BCUT2D eigenvalue weighted by atomic mass is 35.5. The van der Waals surface area contributed by atoms with Gasteiger partial charge in [-0.1, -0.05) is 77.8 Å². The number of rotatable bonds is 8. The van der Waals surface area contributed by atoms with Crippen LogP contribution in [-0.2, 0) is 14.9 Å². The van der Waals surface area contributed by atoms with E-state index >= 15 is 0 Å². The molecule has 0 saturated carbocycles. The van der Waals surface area contributed by atoms with Gasteiger partial charge >= 0.3 is 10.1 Å². The molecule has 4 aromatic carbocycles. The number of ether oxygens (including phenoxy) is 1. The highest BCUT2D eigenvalue weighted by Crippen LogP contribution is 2.39. The number of hydrogen-bond donors (Lipinski definition) is 0. The van der Waals surface area contributed by atoms with Crippen LogP contribution in [0.15, 0.2) is 113 Å². The Morgan fingerprint density at radius 2 is 1.57 bits per heavy atom. The molecule has 0 atom stereocenters. The van der Waals surface area contributed by atoms with Crippen molar-refractivity contribution in [3.8, 4) is 11.5 Å². The van der Waals surface area contributed by atoms with Gasteiger partial charge in [0.2, 0.25) is 5.75 Å². The van der Waals surface area contributed by atoms with E-state index in [1.807, 2.05) is 55.5 Å². The SMILES string of the molecule is CCOc1cc(/C=C2\C(=O)N(c3ccccc3)N=C2c2ccccc2)cc(Cl)c1OS(=O)(=O)c1ccc(C)cc1. The zero-order valence-electron chi connectivity index (χ0n) is 21.7. The Bertz CT molecular complexity index is 1720. The van der Waals surface area contributed by atoms with Gasteiger partial charge in [0.1, 0.15) is 10.6 Å². The summed E-state index contributed by atoms with van der Waals surface area (Å²) in [5, 5.41) is 6.00. The van der Waals surface area contributed by atoms with Gasteiger partial charge in [-0.15, -0.1) is 0 Å². The first-order valence-corrected chi connectivity index (χ1v) is 14.3. The molecule has 1 amide bonds. The molecule has 0 unspecified atom stereocenters. The summed E-state index contributed by atoms with van der Waals surface area (Å²) in [5.41, 5.74) is 3.65. The third kappa shape index (κ3) is 5.64. The standard InChI is InChI=1S/C31H25ClN2O5S/c1-3-38-28-20-22(19-27(32)30(28)39-40(36,37)25-16-14-21(2)15-17-25)18-26-29(23-10-6-4-7-11-23)33-34(31(26)35)24-12-8-5-9-13-24/h4-20H,3H2,1-2H3/b26-18-. The minimum atomic E-state index is -4.18. The third-order valence-corrected chi connectivity index (χ3v) is 7.59. The maximum Gasteiger partial charge on any atom is 0.339 e. The smallest absolute Gasteiger partial charge is 0.339 e. The van der Waals surface area contributed by atoms with Crippen LogP contribution in [0.3, 0.4) is 0 Å². The molecule has 7 nitrogen and oxygen atoms in total. The fraction of sp³-hybridized carbons (Fsp3) is 0.0968. The molecular formula is C31H25ClN2O5S. The van der Waals surface area contributed by atoms with Gasteiger partial charge in [-0.25, -0.2) is 0 Å². The normalized spacial score (nSPS) is 14.4. The van der Waals surface area contributed by atoms with E-state index in [0.717, 1.165) is 11.1 Å². The van der Waals surface area contributed by atoms with Crippen LogP contribution >= 0.6 is 11.6 Å². The Hall–Kier alpha value is -4.40. The van der Waals surface area contributed by atoms with Gasteiger partial charge in [0.15, 0.2) is 5.75 Å². The zero-order chi connectivity index (χ0) is 28.3. The maximum absolute atomic E-state index is 13.6. The summed E-state index contributed by atoms with van der Waals surface area (Å²) >= 11 is 6.56. The van der Waals surface area contributed by atoms with Crippen LogP contribution in [-0.4, -0.2) is 26.6 Å². The predicted molar refractivity (Wildman–Crippen MR) is 156 cm³/mol. The van der Waals surface area contributed by atoms with Gasteiger partial charge in [-0.3, -0.25) is 4.79 Å². The van der Waals surface area contributed by atoms with Crippen molar-refractivity contribution in [1.82, 2.24) is 0 Å². The molecule has 0 saturated heterocycles. The maximum atomic E-state index is 13.6. The van der Waals surface area contributed by atoms with Crippen molar-refractivity contribution in [2.75, 3.05) is 11.6 Å². The third-order valence-electron chi connectivity index (χ3n) is 6.07. The molecule has 40 heavy (non-hydrogen) atoms. The van der Waals surface area contributed by atoms with E-state index in [1.165, 1.54) is 23.2 Å². The Kier molecular flexibility index (Phi) is 7.73. The molecule has 0 radical (unpaired) electrons. The largest absolute Gasteiger partial charge is 0.490 e. The molecule has 1 aliphatic heterocycles. The number of hydrazone groups is 1. The van der Waals surface area contributed by atoms with Crippen LogP contribution in [0, 0.1) is 6.92 Å². The van der Waals surface area contributed by atoms with Crippen LogP contribution in [0.5, 0.6) is 11.5 Å². The second-order valence-electron chi connectivity index (χ2n) is 8.94. The van der Waals surface area contributed by atoms with Gasteiger partial charge in [-0.2, -0.15) is 18.5 Å². The van der Waals surface area contributed by atoms with Gasteiger partial charge in [0.25, 0.3) is 5.91 Å². The van der Waals surface area contributed by atoms with Gasteiger partial charge in [0.05, 0.1) is 22.9 Å². The Labute approximate surface area is 238 Å². The summed E-state index contributed by atoms with van der Waals surface area (Å²) in [4.78, 5) is 13.6. The average molecular weight is 573 g/mol. The van der Waals surface area contributed by atoms with Crippen molar-refractivity contribution in [1.29, 1.82) is 0 Å². The lowest BCUT2D eigenvalue weighted by molar-refractivity contribution is -0.114. The summed E-state index contributed by atoms with van der Waals surface area (Å²) in [6.45, 7) is 3.85. The van der Waals surface area contributed by atoms with E-state index in [2.05, 4.69) is 5.10 Å². The first-order chi connectivity index (χ1) is 19.3. The topological polar surface area (TPSA) is 85.3 Å². The summed E-state index contributed by atoms with van der Waals surface area (Å²) in [6, 6.07) is 27.9. The number of carbonyl (C=O) groups is 1. The molecule has 0 aromatic heterocycles. The van der Waals surface area contributed by atoms with Crippen molar-refractivity contribution in [2.24, 2.45) is 5.10 Å². The number of carbonyl (C=O) groups excluding carboxylic acids is 1. The highest BCUT2D eigenvalue weighted by Gasteiger charge is 2.32. The van der Waals surface area contributed by atoms with Gasteiger partial charge < -0.3 is 8.92 Å². The molecule has 1 aliphatic rings. The van der Waals surface area contributed by atoms with E-state index in [9.17, 15) is 13.2 Å². The minimum absolute atomic E-state index is 0.0101. The number of hydrogen-bond acceptors (Lipinski definition) is 6. The second-order valence-corrected chi connectivity index (χ2v) is 10.9. The number of anilines is 1. The minimum Gasteiger partial charge on any atom is -0.490 e. The second kappa shape index (κ2) is 11.4. The number of aryl methyl sites for hydroxylation is 1. The Morgan fingerprint density at radius 3 is 2.23 bits per heavy atom. The molecule has 202 valence electrons. The lowest BCUT2D eigenvalue weighted by Crippen LogP contribution is -2.21. The number of halogens is 1. The number of amides is 1. The van der Waals surface area contributed by atoms with Crippen LogP contribution in [0.1, 0.15) is 23.6 Å². The summed E-state index contributed by atoms with van der Waals surface area (Å²) in [6.07, 6.45) is 1.66. The summed E-state index contributed by atoms with van der Waals surface area (Å²) in [7, 11) is -4.18. The summed E-state index contributed by atoms with van der Waals surface area (Å²) in [5.74, 6) is -0.325. The van der Waals surface area contributed by atoms with E-state index in [4.69, 9.17) is 20.5 Å². The van der Waals surface area contributed by atoms with Crippen molar-refractivity contribution >= 4 is 45.1 Å². The van der Waals surface area contributed by atoms with Crippen molar-refractivity contribution in [2.45, 2.75) is 18.7 Å². The molecule has 0 aliphatic carbocycles. The van der Waals surface area contributed by atoms with Gasteiger partial charge in [0, 0.05) is 5.56 Å². The van der Waals surface area contributed by atoms with Crippen LogP contribution < -0.4 is 13.9 Å². The van der Waals surface area contributed by atoms with Crippen molar-refractivity contribution in [3.05, 3.63) is 124 Å². The molecule has 9 heteroatoms. The van der Waals surface area contributed by atoms with E-state index < -0.39 is 10.1 Å². The van der Waals surface area contributed by atoms with E-state index in [-0.39, 0.29) is 33.9 Å². The quantitative estimate of drug-likeness (QED) is 0.174. The highest BCUT2D eigenvalue weighted by molar-refractivity contribution is 7.87. The Morgan fingerprint density at radius 1 is 0.925 bits per heavy atom. The predicted octanol–water partition coefficient (Wildman–Crippen LogP) is 6.65. The molecule has 5 rings (SSSR count). The monoisotopic (exact) mass is 572 g/mol. The molecule has 0 N–H and O–H groups in total. The zero-order valence-corrected chi connectivity index (χ0v) is 23.3. The number of nitrogens with zero attached hydrogens (tertiary/aromatic N) is 2. The van der Waals surface area contributed by atoms with Crippen LogP contribution in [0.2, 0.25) is 5.02 Å². The lowest BCUT2D eigenvalue weighted by atomic mass is 10.00. The molecule has 0 bridgehead atoms. The fourth-order valence-electron chi connectivity index (χ4n) is 4.14.